The van der Waals surface area contributed by atoms with E-state index < -0.39 is 24.4 Å². The van der Waals surface area contributed by atoms with E-state index in [-0.39, 0.29) is 12.2 Å². The number of ether oxygens (including phenoxy) is 1. The van der Waals surface area contributed by atoms with Crippen molar-refractivity contribution >= 4 is 11.8 Å². The van der Waals surface area contributed by atoms with Gasteiger partial charge in [-0.1, -0.05) is 6.07 Å². The summed E-state index contributed by atoms with van der Waals surface area (Å²) in [6, 6.07) is 5.00. The summed E-state index contributed by atoms with van der Waals surface area (Å²) in [7, 11) is 1.50. The van der Waals surface area contributed by atoms with Crippen LogP contribution in [0.2, 0.25) is 0 Å². The molecule has 2 rings (SSSR count). The molecule has 2 atom stereocenters. The predicted molar refractivity (Wildman–Crippen MR) is 62.7 cm³/mol. The number of carboxylic acids is 1. The van der Waals surface area contributed by atoms with Crippen molar-refractivity contribution in [1.82, 2.24) is 0 Å². The van der Waals surface area contributed by atoms with Gasteiger partial charge >= 0.3 is 5.97 Å². The third-order valence-electron chi connectivity index (χ3n) is 3.36. The zero-order valence-corrected chi connectivity index (χ0v) is 9.92. The lowest BCUT2D eigenvalue weighted by Crippen LogP contribution is -2.38. The highest BCUT2D eigenvalue weighted by molar-refractivity contribution is 6.03. The summed E-state index contributed by atoms with van der Waals surface area (Å²) in [6.07, 6.45) is 0.256. The summed E-state index contributed by atoms with van der Waals surface area (Å²) in [6.45, 7) is -0.452. The average molecular weight is 250 g/mol. The van der Waals surface area contributed by atoms with Gasteiger partial charge in [0.25, 0.3) is 0 Å². The van der Waals surface area contributed by atoms with Crippen molar-refractivity contribution in [3.8, 4) is 5.75 Å². The predicted octanol–water partition coefficient (Wildman–Crippen LogP) is 0.743. The fourth-order valence-corrected chi connectivity index (χ4v) is 2.32. The van der Waals surface area contributed by atoms with Crippen LogP contribution in [0, 0.1) is 11.8 Å². The first-order valence-electron chi connectivity index (χ1n) is 5.63. The molecule has 96 valence electrons. The Kier molecular flexibility index (Phi) is 3.34. The Balaban J connectivity index is 2.46. The van der Waals surface area contributed by atoms with E-state index in [2.05, 4.69) is 0 Å². The molecule has 0 heterocycles. The van der Waals surface area contributed by atoms with Crippen LogP contribution in [0.15, 0.2) is 18.2 Å². The first kappa shape index (κ1) is 12.6. The third kappa shape index (κ3) is 1.97. The van der Waals surface area contributed by atoms with Crippen molar-refractivity contribution in [1.29, 1.82) is 0 Å². The number of ketones is 1. The quantitative estimate of drug-likeness (QED) is 0.826. The molecule has 0 saturated heterocycles. The Bertz CT molecular complexity index is 494. The van der Waals surface area contributed by atoms with Crippen LogP contribution < -0.4 is 4.74 Å². The topological polar surface area (TPSA) is 83.8 Å². The van der Waals surface area contributed by atoms with Gasteiger partial charge in [0.15, 0.2) is 5.78 Å². The third-order valence-corrected chi connectivity index (χ3v) is 3.36. The van der Waals surface area contributed by atoms with Crippen molar-refractivity contribution in [2.45, 2.75) is 6.42 Å². The van der Waals surface area contributed by atoms with Gasteiger partial charge in [-0.15, -0.1) is 0 Å². The summed E-state index contributed by atoms with van der Waals surface area (Å²) in [4.78, 5) is 23.3. The molecule has 2 N–H and O–H groups in total. The second-order valence-corrected chi connectivity index (χ2v) is 4.33. The van der Waals surface area contributed by atoms with Gasteiger partial charge in [0.2, 0.25) is 0 Å². The maximum atomic E-state index is 12.2. The van der Waals surface area contributed by atoms with E-state index in [0.29, 0.717) is 16.9 Å². The number of carbonyl (C=O) groups is 2. The van der Waals surface area contributed by atoms with Crippen LogP contribution in [0.25, 0.3) is 0 Å². The number of hydrogen-bond donors (Lipinski definition) is 2. The normalized spacial score (nSPS) is 22.4. The minimum atomic E-state index is -1.05. The highest BCUT2D eigenvalue weighted by Crippen LogP contribution is 2.32. The highest BCUT2D eigenvalue weighted by Gasteiger charge is 2.39. The lowest BCUT2D eigenvalue weighted by molar-refractivity contribution is -0.143. The van der Waals surface area contributed by atoms with Gasteiger partial charge in [-0.25, -0.2) is 0 Å². The van der Waals surface area contributed by atoms with Crippen molar-refractivity contribution < 1.29 is 24.5 Å². The Morgan fingerprint density at radius 1 is 1.50 bits per heavy atom. The molecule has 5 nitrogen and oxygen atoms in total. The summed E-state index contributed by atoms with van der Waals surface area (Å²) >= 11 is 0. The molecular weight excluding hydrogens is 236 g/mol. The molecule has 1 aromatic rings. The molecule has 1 aromatic carbocycles. The molecule has 0 saturated carbocycles. The number of carbonyl (C=O) groups excluding carboxylic acids is 1. The molecular formula is C13H14O5. The molecule has 0 spiro atoms. The lowest BCUT2D eigenvalue weighted by atomic mass is 9.75. The lowest BCUT2D eigenvalue weighted by Gasteiger charge is -2.28. The molecule has 1 aliphatic rings. The second-order valence-electron chi connectivity index (χ2n) is 4.33. The number of benzene rings is 1. The number of aliphatic carboxylic acids is 1. The molecule has 0 aromatic heterocycles. The van der Waals surface area contributed by atoms with Crippen molar-refractivity contribution in [2.75, 3.05) is 13.7 Å². The van der Waals surface area contributed by atoms with E-state index in [1.54, 1.807) is 18.2 Å². The number of rotatable bonds is 3. The Morgan fingerprint density at radius 3 is 2.78 bits per heavy atom. The van der Waals surface area contributed by atoms with Gasteiger partial charge < -0.3 is 14.9 Å². The molecule has 2 unspecified atom stereocenters. The standard InChI is InChI=1S/C13H14O5/c1-18-8-3-2-7-4-10(13(16)17)11(6-14)12(15)9(7)5-8/h2-3,5,10-11,14H,4,6H2,1H3,(H,16,17). The summed E-state index contributed by atoms with van der Waals surface area (Å²) in [5.41, 5.74) is 1.14. The number of aliphatic hydroxyl groups is 1. The number of fused-ring (bicyclic) bond motifs is 1. The summed E-state index contributed by atoms with van der Waals surface area (Å²) in [5.74, 6) is -2.56. The molecule has 0 bridgehead atoms. The summed E-state index contributed by atoms with van der Waals surface area (Å²) in [5, 5.41) is 18.3. The van der Waals surface area contributed by atoms with E-state index in [4.69, 9.17) is 9.84 Å². The monoisotopic (exact) mass is 250 g/mol. The highest BCUT2D eigenvalue weighted by atomic mass is 16.5. The van der Waals surface area contributed by atoms with Crippen LogP contribution in [0.3, 0.4) is 0 Å². The first-order chi connectivity index (χ1) is 8.58. The molecule has 5 heteroatoms. The Labute approximate surface area is 104 Å². The molecule has 0 radical (unpaired) electrons. The van der Waals surface area contributed by atoms with Gasteiger partial charge in [-0.3, -0.25) is 9.59 Å². The van der Waals surface area contributed by atoms with Crippen molar-refractivity contribution in [2.24, 2.45) is 11.8 Å². The zero-order valence-electron chi connectivity index (χ0n) is 9.92. The first-order valence-corrected chi connectivity index (χ1v) is 5.63. The minimum Gasteiger partial charge on any atom is -0.497 e. The number of aliphatic hydroxyl groups excluding tert-OH is 1. The van der Waals surface area contributed by atoms with Crippen LogP contribution in [0.4, 0.5) is 0 Å². The van der Waals surface area contributed by atoms with Crippen LogP contribution in [-0.2, 0) is 11.2 Å². The van der Waals surface area contributed by atoms with Crippen LogP contribution in [-0.4, -0.2) is 35.7 Å². The van der Waals surface area contributed by atoms with E-state index in [1.165, 1.54) is 7.11 Å². The summed E-state index contributed by atoms with van der Waals surface area (Å²) < 4.78 is 5.04. The van der Waals surface area contributed by atoms with E-state index in [1.807, 2.05) is 0 Å². The van der Waals surface area contributed by atoms with E-state index in [9.17, 15) is 14.7 Å². The van der Waals surface area contributed by atoms with Crippen LogP contribution in [0.1, 0.15) is 15.9 Å². The Morgan fingerprint density at radius 2 is 2.22 bits per heavy atom. The van der Waals surface area contributed by atoms with Gasteiger partial charge in [-0.2, -0.15) is 0 Å². The van der Waals surface area contributed by atoms with Crippen LogP contribution >= 0.6 is 0 Å². The van der Waals surface area contributed by atoms with E-state index >= 15 is 0 Å². The number of carboxylic acid groups (broad SMARTS) is 1. The van der Waals surface area contributed by atoms with E-state index in [0.717, 1.165) is 0 Å². The smallest absolute Gasteiger partial charge is 0.307 e. The largest absolute Gasteiger partial charge is 0.497 e. The number of hydrogen-bond acceptors (Lipinski definition) is 4. The minimum absolute atomic E-state index is 0.256. The molecule has 18 heavy (non-hydrogen) atoms. The molecule has 0 amide bonds. The number of Topliss-reactive ketones (excluding diaryl/α,β-unsaturated/α-hetero) is 1. The maximum absolute atomic E-state index is 12.2. The molecule has 0 aliphatic heterocycles. The average Bonchev–Trinajstić information content (AvgIpc) is 2.38. The maximum Gasteiger partial charge on any atom is 0.307 e. The molecule has 0 fully saturated rings. The SMILES string of the molecule is COc1ccc2c(c1)C(=O)C(CO)C(C(=O)O)C2. The zero-order chi connectivity index (χ0) is 13.3. The molecule has 1 aliphatic carbocycles. The van der Waals surface area contributed by atoms with Gasteiger partial charge in [-0.05, 0) is 24.1 Å². The second kappa shape index (κ2) is 4.78. The fraction of sp³-hybridized carbons (Fsp3) is 0.385. The van der Waals surface area contributed by atoms with Gasteiger partial charge in [0.1, 0.15) is 5.75 Å². The van der Waals surface area contributed by atoms with Crippen molar-refractivity contribution in [3.05, 3.63) is 29.3 Å². The van der Waals surface area contributed by atoms with Gasteiger partial charge in [0.05, 0.1) is 25.6 Å². The van der Waals surface area contributed by atoms with Crippen LogP contribution in [0.5, 0.6) is 5.75 Å². The van der Waals surface area contributed by atoms with Crippen molar-refractivity contribution in [3.63, 3.8) is 0 Å². The number of methoxy groups -OCH3 is 1. The Hall–Kier alpha value is -1.88. The fourth-order valence-electron chi connectivity index (χ4n) is 2.32. The van der Waals surface area contributed by atoms with Gasteiger partial charge in [0, 0.05) is 5.56 Å².